The van der Waals surface area contributed by atoms with Crippen LogP contribution < -0.4 is 20.1 Å². The molecular formula is C52H53N13O20S7. The van der Waals surface area contributed by atoms with Crippen molar-refractivity contribution in [3.63, 3.8) is 0 Å². The Labute approximate surface area is 533 Å². The highest BCUT2D eigenvalue weighted by Gasteiger charge is 2.26. The van der Waals surface area contributed by atoms with Gasteiger partial charge in [-0.2, -0.15) is 57.6 Å². The molecule has 2 aromatic heterocycles. The number of azo groups is 4. The monoisotopic (exact) mass is 1400 g/mol. The van der Waals surface area contributed by atoms with Crippen molar-refractivity contribution >= 4 is 159 Å². The maximum Gasteiger partial charge on any atom is 0.298 e. The van der Waals surface area contributed by atoms with E-state index in [1.54, 1.807) is 6.92 Å². The first-order valence-corrected chi connectivity index (χ1v) is 35.9. The minimum atomic E-state index is -4.90. The summed E-state index contributed by atoms with van der Waals surface area (Å²) in [5, 5.41) is 62.1. The molecule has 0 fully saturated rings. The molecule has 0 unspecified atom stereocenters. The van der Waals surface area contributed by atoms with Crippen molar-refractivity contribution in [2.45, 2.75) is 66.5 Å². The first kappa shape index (κ1) is 71.0. The second-order valence-corrected chi connectivity index (χ2v) is 29.2. The number of hydrogen-bond donors (Lipinski definition) is 8. The molecule has 7 rings (SSSR count). The third-order valence-corrected chi connectivity index (χ3v) is 18.8. The van der Waals surface area contributed by atoms with Crippen LogP contribution in [0, 0.1) is 25.2 Å². The number of thioether (sulfide) groups is 2. The Morgan fingerprint density at radius 2 is 1.11 bits per heavy atom. The lowest BCUT2D eigenvalue weighted by molar-refractivity contribution is -0.115. The fourth-order valence-electron chi connectivity index (χ4n) is 8.24. The summed E-state index contributed by atoms with van der Waals surface area (Å²) in [4.78, 5) is 29.2. The minimum absolute atomic E-state index is 0.0194. The van der Waals surface area contributed by atoms with E-state index >= 15 is 0 Å². The Bertz CT molecular complexity index is 4850. The fraction of sp³-hybridized carbons (Fsp3) is 0.269. The Kier molecular flexibility index (Phi) is 22.7. The Hall–Kier alpha value is -8.47. The molecule has 8 N–H and O–H groups in total. The molecule has 0 bridgehead atoms. The molecule has 7 aromatic rings. The van der Waals surface area contributed by atoms with E-state index in [4.69, 9.17) is 9.47 Å². The van der Waals surface area contributed by atoms with Crippen LogP contribution in [-0.4, -0.2) is 134 Å². The van der Waals surface area contributed by atoms with Crippen LogP contribution in [0.4, 0.5) is 56.9 Å². The van der Waals surface area contributed by atoms with Crippen LogP contribution in [0.15, 0.2) is 133 Å². The number of amides is 2. The average molecular weight is 1400 g/mol. The quantitative estimate of drug-likeness (QED) is 0.00977. The lowest BCUT2D eigenvalue weighted by atomic mass is 10.1. The van der Waals surface area contributed by atoms with Crippen LogP contribution in [-0.2, 0) is 60.2 Å². The van der Waals surface area contributed by atoms with Gasteiger partial charge in [-0.1, -0.05) is 0 Å². The van der Waals surface area contributed by atoms with Crippen molar-refractivity contribution in [1.82, 2.24) is 9.38 Å². The average Bonchev–Trinajstić information content (AvgIpc) is 1.56. The number of rotatable bonds is 28. The number of anilines is 2. The number of nitrogens with zero attached hydrogens (tertiary/aromatic N) is 11. The smallest absolute Gasteiger partial charge is 0.298 e. The zero-order valence-electron chi connectivity index (χ0n) is 48.5. The largest absolute Gasteiger partial charge is 0.495 e. The molecule has 2 amide bonds. The van der Waals surface area contributed by atoms with Gasteiger partial charge in [0.05, 0.1) is 69.7 Å². The van der Waals surface area contributed by atoms with Crippen molar-refractivity contribution in [3.05, 3.63) is 89.5 Å². The van der Waals surface area contributed by atoms with Gasteiger partial charge in [0.1, 0.15) is 56.5 Å². The van der Waals surface area contributed by atoms with Crippen molar-refractivity contribution in [1.29, 1.82) is 5.26 Å². The fourth-order valence-corrected chi connectivity index (χ4v) is 13.1. The van der Waals surface area contributed by atoms with Crippen LogP contribution in [0.2, 0.25) is 0 Å². The predicted octanol–water partition coefficient (Wildman–Crippen LogP) is 11.2. The highest BCUT2D eigenvalue weighted by molar-refractivity contribution is 7.99. The summed E-state index contributed by atoms with van der Waals surface area (Å²) in [7, 11) is -21.5. The number of nitrogens with one attached hydrogen (secondary N) is 2. The van der Waals surface area contributed by atoms with E-state index in [-0.39, 0.29) is 143 Å². The van der Waals surface area contributed by atoms with Crippen LogP contribution in [0.5, 0.6) is 17.4 Å². The number of methoxy groups -OCH3 is 1. The van der Waals surface area contributed by atoms with Crippen molar-refractivity contribution in [2.24, 2.45) is 40.9 Å². The normalized spacial score (nSPS) is 12.7. The molecular weight excluding hydrogens is 1350 g/mol. The number of nitriles is 1. The van der Waals surface area contributed by atoms with Gasteiger partial charge in [0.25, 0.3) is 50.6 Å². The second-order valence-electron chi connectivity index (χ2n) is 19.4. The van der Waals surface area contributed by atoms with Crippen molar-refractivity contribution < 1.29 is 89.0 Å². The molecule has 92 heavy (non-hydrogen) atoms. The highest BCUT2D eigenvalue weighted by atomic mass is 32.2. The van der Waals surface area contributed by atoms with Crippen molar-refractivity contribution in [2.75, 3.05) is 53.1 Å². The molecule has 0 aliphatic carbocycles. The van der Waals surface area contributed by atoms with E-state index in [1.807, 2.05) is 6.07 Å². The second kappa shape index (κ2) is 29.4. The number of pyridine rings is 1. The lowest BCUT2D eigenvalue weighted by Gasteiger charge is -2.13. The topological polar surface area (TPSA) is 509 Å². The molecule has 0 saturated heterocycles. The van der Waals surface area contributed by atoms with Gasteiger partial charge in [0.2, 0.25) is 17.7 Å². The molecule has 488 valence electrons. The van der Waals surface area contributed by atoms with E-state index in [1.165, 1.54) is 75.4 Å². The van der Waals surface area contributed by atoms with Gasteiger partial charge in [-0.3, -0.25) is 36.8 Å². The van der Waals surface area contributed by atoms with E-state index in [0.717, 1.165) is 53.2 Å². The van der Waals surface area contributed by atoms with Crippen LogP contribution >= 0.6 is 23.5 Å². The van der Waals surface area contributed by atoms with Gasteiger partial charge in [-0.15, -0.1) is 54.2 Å². The van der Waals surface area contributed by atoms with Gasteiger partial charge < -0.3 is 25.2 Å². The number of ether oxygens (including phenoxy) is 2. The first-order chi connectivity index (χ1) is 43.0. The standard InChI is InChI=1S/C52H53N13O20S7/c1-28-19-41(61-64-50-29(2)34(27-53)51-56-40-23-46(84-5)49(92(81,82)83)26-44(40)65(51)52(50)68)45(85-13-6-16-88(69,70)71)22-35(28)58-62-42-21-37(55-31(4)67)39(25-48(42)87-15-8-18-90(75,76)77)60-63-43-20-36(54-30(3)66)38(24-47(43)86-14-7-17-89(72,73)74)59-57-32-9-11-33(12-10-32)91(78,79)80/h9-12,19-26,68H,6-8,13-18H2,1-5H3,(H,54,66)(H,55,67)(H,69,70,71)(H,72,73,74)(H,75,76,77)(H,78,79,80)(H,81,82,83). The van der Waals surface area contributed by atoms with Crippen LogP contribution in [0.25, 0.3) is 16.7 Å². The third kappa shape index (κ3) is 19.3. The summed E-state index contributed by atoms with van der Waals surface area (Å²) >= 11 is 2.06. The number of carbonyl (C=O) groups is 2. The summed E-state index contributed by atoms with van der Waals surface area (Å²) in [6.07, 6.45) is -0.394. The van der Waals surface area contributed by atoms with E-state index in [9.17, 15) is 84.8 Å². The molecule has 33 nitrogen and oxygen atoms in total. The maximum atomic E-state index is 12.8. The molecule has 0 aliphatic heterocycles. The van der Waals surface area contributed by atoms with E-state index in [0.29, 0.717) is 5.56 Å². The number of benzene rings is 5. The summed E-state index contributed by atoms with van der Waals surface area (Å²) in [5.74, 6) is -4.17. The SMILES string of the molecule is COc1cc2nc3c(C#N)c(C)c(N=Nc4cc(C)c(N=Nc5cc(NC(C)=O)c(N=Nc6cc(NC(C)=O)c(N=Nc7ccc(S(=O)(=O)O)cc7)cc6SCCCS(=O)(=O)O)cc5SCCCS(=O)(=O)O)cc4OCCCS(=O)(=O)O)c(O)n3c2cc1S(=O)(=O)O. The molecule has 0 saturated carbocycles. The Morgan fingerprint density at radius 1 is 0.609 bits per heavy atom. The first-order valence-electron chi connectivity index (χ1n) is 26.2. The number of fused-ring (bicyclic) bond motifs is 3. The number of aromatic nitrogens is 2. The van der Waals surface area contributed by atoms with Crippen LogP contribution in [0.1, 0.15) is 49.8 Å². The summed E-state index contributed by atoms with van der Waals surface area (Å²) in [5.41, 5.74) is -0.114. The highest BCUT2D eigenvalue weighted by Crippen LogP contribution is 2.46. The summed E-state index contributed by atoms with van der Waals surface area (Å²) < 4.78 is 178. The number of hydrogen-bond acceptors (Lipinski definition) is 27. The molecule has 0 radical (unpaired) electrons. The zero-order valence-corrected chi connectivity index (χ0v) is 54.2. The number of imidazole rings is 1. The Morgan fingerprint density at radius 3 is 1.60 bits per heavy atom. The molecule has 0 spiro atoms. The van der Waals surface area contributed by atoms with Gasteiger partial charge in [0, 0.05) is 41.3 Å². The van der Waals surface area contributed by atoms with E-state index in [2.05, 4.69) is 56.5 Å². The molecule has 2 heterocycles. The van der Waals surface area contributed by atoms with Gasteiger partial charge in [0.15, 0.2) is 11.3 Å². The van der Waals surface area contributed by atoms with Crippen LogP contribution in [0.3, 0.4) is 0 Å². The summed E-state index contributed by atoms with van der Waals surface area (Å²) in [6.45, 7) is 5.01. The minimum Gasteiger partial charge on any atom is -0.495 e. The van der Waals surface area contributed by atoms with Gasteiger partial charge >= 0.3 is 0 Å². The lowest BCUT2D eigenvalue weighted by Crippen LogP contribution is -2.08. The number of aryl methyl sites for hydroxylation is 1. The zero-order chi connectivity index (χ0) is 67.7. The maximum absolute atomic E-state index is 12.8. The third-order valence-electron chi connectivity index (χ3n) is 12.4. The molecule has 0 aliphatic rings. The Balaban J connectivity index is 1.34. The number of aromatic hydroxyl groups is 1. The molecule has 0 atom stereocenters. The van der Waals surface area contributed by atoms with Gasteiger partial charge in [-0.25, -0.2) is 4.98 Å². The van der Waals surface area contributed by atoms with Crippen molar-refractivity contribution in [3.8, 4) is 23.4 Å². The molecule has 5 aromatic carbocycles. The molecule has 40 heteroatoms. The summed E-state index contributed by atoms with van der Waals surface area (Å²) in [6, 6.07) is 17.0. The number of carbonyl (C=O) groups excluding carboxylic acids is 2. The predicted molar refractivity (Wildman–Crippen MR) is 336 cm³/mol. The van der Waals surface area contributed by atoms with E-state index < -0.39 is 95.3 Å². The van der Waals surface area contributed by atoms with Gasteiger partial charge in [-0.05, 0) is 111 Å².